The molecule has 1 aromatic carbocycles. The van der Waals surface area contributed by atoms with Crippen molar-refractivity contribution in [2.45, 2.75) is 39.5 Å². The van der Waals surface area contributed by atoms with E-state index in [1.165, 1.54) is 0 Å². The number of sulfonamides is 1. The molecule has 1 aromatic rings. The zero-order valence-electron chi connectivity index (χ0n) is 12.3. The van der Waals surface area contributed by atoms with E-state index in [2.05, 4.69) is 4.72 Å². The summed E-state index contributed by atoms with van der Waals surface area (Å²) in [4.78, 5) is 0. The van der Waals surface area contributed by atoms with Crippen LogP contribution in [0.5, 0.6) is 0 Å². The van der Waals surface area contributed by atoms with E-state index in [0.717, 1.165) is 11.1 Å². The van der Waals surface area contributed by atoms with E-state index in [1.54, 1.807) is 0 Å². The van der Waals surface area contributed by atoms with Crippen LogP contribution in [0.25, 0.3) is 0 Å². The van der Waals surface area contributed by atoms with Gasteiger partial charge in [0.05, 0.1) is 18.5 Å². The summed E-state index contributed by atoms with van der Waals surface area (Å²) in [6.07, 6.45) is 0.0337. The molecular formula is C14H24N2O3S. The van der Waals surface area contributed by atoms with Crippen LogP contribution >= 0.6 is 0 Å². The number of benzene rings is 1. The van der Waals surface area contributed by atoms with E-state index >= 15 is 0 Å². The van der Waals surface area contributed by atoms with Crippen LogP contribution in [0.3, 0.4) is 0 Å². The fraction of sp³-hybridized carbons (Fsp3) is 0.571. The van der Waals surface area contributed by atoms with Gasteiger partial charge in [-0.05, 0) is 31.9 Å². The second-order valence-electron chi connectivity index (χ2n) is 5.02. The minimum Gasteiger partial charge on any atom is -0.378 e. The molecule has 114 valence electrons. The van der Waals surface area contributed by atoms with Crippen molar-refractivity contribution in [2.24, 2.45) is 5.73 Å². The molecule has 0 heterocycles. The normalized spacial score (nSPS) is 13.7. The Morgan fingerprint density at radius 2 is 1.80 bits per heavy atom. The minimum absolute atomic E-state index is 0.0313. The third-order valence-corrected chi connectivity index (χ3v) is 4.29. The Labute approximate surface area is 121 Å². The van der Waals surface area contributed by atoms with Crippen molar-refractivity contribution in [3.63, 3.8) is 0 Å². The van der Waals surface area contributed by atoms with Crippen molar-refractivity contribution in [1.82, 2.24) is 4.72 Å². The zero-order valence-corrected chi connectivity index (χ0v) is 13.1. The van der Waals surface area contributed by atoms with E-state index in [0.29, 0.717) is 6.54 Å². The second-order valence-corrected chi connectivity index (χ2v) is 6.90. The number of nitrogens with one attached hydrogen (secondary N) is 1. The predicted octanol–water partition coefficient (Wildman–Crippen LogP) is 1.55. The summed E-state index contributed by atoms with van der Waals surface area (Å²) < 4.78 is 31.7. The zero-order chi connectivity index (χ0) is 15.2. The summed E-state index contributed by atoms with van der Waals surface area (Å²) in [5, 5.41) is 0. The van der Waals surface area contributed by atoms with Gasteiger partial charge in [-0.2, -0.15) is 0 Å². The lowest BCUT2D eigenvalue weighted by Crippen LogP contribution is -2.31. The first kappa shape index (κ1) is 17.1. The second kappa shape index (κ2) is 7.73. The van der Waals surface area contributed by atoms with Gasteiger partial charge in [-0.1, -0.05) is 24.3 Å². The maximum absolute atomic E-state index is 11.9. The van der Waals surface area contributed by atoms with Gasteiger partial charge in [-0.25, -0.2) is 13.1 Å². The lowest BCUT2D eigenvalue weighted by atomic mass is 10.1. The molecule has 1 rings (SSSR count). The number of nitrogens with two attached hydrogens (primary N) is 1. The van der Waals surface area contributed by atoms with Crippen molar-refractivity contribution < 1.29 is 13.2 Å². The van der Waals surface area contributed by atoms with Crippen LogP contribution in [-0.4, -0.2) is 26.9 Å². The molecule has 5 nitrogen and oxygen atoms in total. The van der Waals surface area contributed by atoms with Crippen molar-refractivity contribution in [3.05, 3.63) is 35.4 Å². The Morgan fingerprint density at radius 1 is 1.20 bits per heavy atom. The molecule has 0 spiro atoms. The molecule has 0 fully saturated rings. The summed E-state index contributed by atoms with van der Waals surface area (Å²) in [7, 11) is -3.34. The van der Waals surface area contributed by atoms with Crippen LogP contribution < -0.4 is 10.5 Å². The van der Waals surface area contributed by atoms with Crippen LogP contribution in [0.1, 0.15) is 37.9 Å². The maximum Gasteiger partial charge on any atom is 0.214 e. The first-order valence-corrected chi connectivity index (χ1v) is 8.40. The molecular weight excluding hydrogens is 276 g/mol. The molecule has 0 bridgehead atoms. The van der Waals surface area contributed by atoms with E-state index in [4.69, 9.17) is 10.5 Å². The van der Waals surface area contributed by atoms with Crippen LogP contribution in [0.2, 0.25) is 0 Å². The highest BCUT2D eigenvalue weighted by Gasteiger charge is 2.15. The first-order valence-electron chi connectivity index (χ1n) is 6.74. The molecule has 0 saturated carbocycles. The Kier molecular flexibility index (Phi) is 6.61. The van der Waals surface area contributed by atoms with E-state index in [9.17, 15) is 8.42 Å². The van der Waals surface area contributed by atoms with Gasteiger partial charge in [0.1, 0.15) is 0 Å². The number of hydrogen-bond donors (Lipinski definition) is 2. The van der Waals surface area contributed by atoms with Gasteiger partial charge in [-0.3, -0.25) is 0 Å². The Bertz CT molecular complexity index is 498. The Morgan fingerprint density at radius 3 is 2.30 bits per heavy atom. The average Bonchev–Trinajstić information content (AvgIpc) is 2.37. The van der Waals surface area contributed by atoms with Crippen LogP contribution in [0.15, 0.2) is 24.3 Å². The summed E-state index contributed by atoms with van der Waals surface area (Å²) in [6, 6.07) is 7.31. The van der Waals surface area contributed by atoms with E-state index in [1.807, 2.05) is 45.0 Å². The standard InChI is InChI=1S/C14H24N2O3S/c1-11(2)19-8-9-20(17,18)16-12(3)14-6-4-13(10-15)5-7-14/h4-7,11-12,16H,8-10,15H2,1-3H3. The van der Waals surface area contributed by atoms with Crippen LogP contribution in [-0.2, 0) is 21.3 Å². The summed E-state index contributed by atoms with van der Waals surface area (Å²) in [6.45, 7) is 6.25. The third-order valence-electron chi connectivity index (χ3n) is 2.88. The maximum atomic E-state index is 11.9. The lowest BCUT2D eigenvalue weighted by molar-refractivity contribution is 0.0911. The highest BCUT2D eigenvalue weighted by molar-refractivity contribution is 7.89. The van der Waals surface area contributed by atoms with Gasteiger partial charge >= 0.3 is 0 Å². The van der Waals surface area contributed by atoms with E-state index < -0.39 is 10.0 Å². The highest BCUT2D eigenvalue weighted by atomic mass is 32.2. The monoisotopic (exact) mass is 300 g/mol. The van der Waals surface area contributed by atoms with Crippen molar-refractivity contribution in [2.75, 3.05) is 12.4 Å². The molecule has 0 aliphatic carbocycles. The summed E-state index contributed by atoms with van der Waals surface area (Å²) in [5.41, 5.74) is 7.47. The molecule has 0 saturated heterocycles. The van der Waals surface area contributed by atoms with Crippen molar-refractivity contribution in [1.29, 1.82) is 0 Å². The molecule has 6 heteroatoms. The smallest absolute Gasteiger partial charge is 0.214 e. The minimum atomic E-state index is -3.34. The molecule has 20 heavy (non-hydrogen) atoms. The van der Waals surface area contributed by atoms with Gasteiger partial charge in [0.25, 0.3) is 0 Å². The van der Waals surface area contributed by atoms with Crippen LogP contribution in [0, 0.1) is 0 Å². The third kappa shape index (κ3) is 6.00. The molecule has 0 aliphatic rings. The topological polar surface area (TPSA) is 81.4 Å². The van der Waals surface area contributed by atoms with Crippen molar-refractivity contribution in [3.8, 4) is 0 Å². The molecule has 3 N–H and O–H groups in total. The number of ether oxygens (including phenoxy) is 1. The molecule has 0 radical (unpaired) electrons. The Hall–Kier alpha value is -0.950. The van der Waals surface area contributed by atoms with Gasteiger partial charge in [0.15, 0.2) is 0 Å². The molecule has 1 unspecified atom stereocenters. The fourth-order valence-electron chi connectivity index (χ4n) is 1.73. The predicted molar refractivity (Wildman–Crippen MR) is 80.8 cm³/mol. The number of hydrogen-bond acceptors (Lipinski definition) is 4. The van der Waals surface area contributed by atoms with Gasteiger partial charge < -0.3 is 10.5 Å². The van der Waals surface area contributed by atoms with E-state index in [-0.39, 0.29) is 24.5 Å². The highest BCUT2D eigenvalue weighted by Crippen LogP contribution is 2.14. The molecule has 1 atom stereocenters. The quantitative estimate of drug-likeness (QED) is 0.763. The van der Waals surface area contributed by atoms with Gasteiger partial charge in [0, 0.05) is 12.6 Å². The molecule has 0 amide bonds. The van der Waals surface area contributed by atoms with Gasteiger partial charge in [0.2, 0.25) is 10.0 Å². The average molecular weight is 300 g/mol. The largest absolute Gasteiger partial charge is 0.378 e. The first-order chi connectivity index (χ1) is 9.34. The lowest BCUT2D eigenvalue weighted by Gasteiger charge is -2.15. The molecule has 0 aromatic heterocycles. The van der Waals surface area contributed by atoms with Crippen LogP contribution in [0.4, 0.5) is 0 Å². The fourth-order valence-corrected chi connectivity index (χ4v) is 2.84. The van der Waals surface area contributed by atoms with Crippen molar-refractivity contribution >= 4 is 10.0 Å². The number of rotatable bonds is 8. The SMILES string of the molecule is CC(C)OCCS(=O)(=O)NC(C)c1ccc(CN)cc1. The Balaban J connectivity index is 2.56. The molecule has 0 aliphatic heterocycles. The summed E-state index contributed by atoms with van der Waals surface area (Å²) >= 11 is 0. The summed E-state index contributed by atoms with van der Waals surface area (Å²) in [5.74, 6) is -0.0313. The van der Waals surface area contributed by atoms with Gasteiger partial charge in [-0.15, -0.1) is 0 Å².